The van der Waals surface area contributed by atoms with Crippen LogP contribution in [0.3, 0.4) is 0 Å². The molecular formula is C46H30N4. The second-order valence-corrected chi connectivity index (χ2v) is 12.3. The van der Waals surface area contributed by atoms with Gasteiger partial charge in [0.1, 0.15) is 0 Å². The van der Waals surface area contributed by atoms with Gasteiger partial charge >= 0.3 is 0 Å². The fraction of sp³-hybridized carbons (Fsp3) is 0. The van der Waals surface area contributed by atoms with Crippen molar-refractivity contribution in [3.8, 4) is 67.4 Å². The lowest BCUT2D eigenvalue weighted by Gasteiger charge is -2.14. The van der Waals surface area contributed by atoms with Gasteiger partial charge in [0.05, 0.1) is 22.6 Å². The average Bonchev–Trinajstić information content (AvgIpc) is 3.21. The van der Waals surface area contributed by atoms with Crippen molar-refractivity contribution in [1.29, 1.82) is 0 Å². The predicted octanol–water partition coefficient (Wildman–Crippen LogP) is 11.6. The van der Waals surface area contributed by atoms with Crippen LogP contribution in [0.25, 0.3) is 89.1 Å². The SMILES string of the molecule is c1ccc(-c2cc(-c3ccc(-c4ccc(-c5cccc6c(-c7ccncc7)nc7ccccc7c56)cc4)cc3)nc(-c3ccccc3)n2)cc1. The highest BCUT2D eigenvalue weighted by molar-refractivity contribution is 6.17. The van der Waals surface area contributed by atoms with E-state index >= 15 is 0 Å². The van der Waals surface area contributed by atoms with Crippen molar-refractivity contribution >= 4 is 21.7 Å². The molecule has 0 aliphatic heterocycles. The van der Waals surface area contributed by atoms with E-state index in [1.165, 1.54) is 10.9 Å². The highest BCUT2D eigenvalue weighted by Gasteiger charge is 2.15. The van der Waals surface area contributed by atoms with Crippen LogP contribution in [0.15, 0.2) is 182 Å². The largest absolute Gasteiger partial charge is 0.265 e. The Morgan fingerprint density at radius 2 is 0.880 bits per heavy atom. The second-order valence-electron chi connectivity index (χ2n) is 12.3. The van der Waals surface area contributed by atoms with Gasteiger partial charge in [-0.15, -0.1) is 0 Å². The monoisotopic (exact) mass is 638 g/mol. The summed E-state index contributed by atoms with van der Waals surface area (Å²) >= 11 is 0. The summed E-state index contributed by atoms with van der Waals surface area (Å²) in [6.45, 7) is 0. The Hall–Kier alpha value is -6.78. The molecule has 0 saturated heterocycles. The minimum atomic E-state index is 0.714. The molecule has 0 bridgehead atoms. The van der Waals surface area contributed by atoms with E-state index in [-0.39, 0.29) is 0 Å². The zero-order valence-corrected chi connectivity index (χ0v) is 27.1. The van der Waals surface area contributed by atoms with Crippen LogP contribution in [-0.4, -0.2) is 19.9 Å². The topological polar surface area (TPSA) is 51.6 Å². The van der Waals surface area contributed by atoms with Crippen molar-refractivity contribution < 1.29 is 0 Å². The number of fused-ring (bicyclic) bond motifs is 3. The summed E-state index contributed by atoms with van der Waals surface area (Å²) in [5, 5.41) is 3.48. The van der Waals surface area contributed by atoms with E-state index in [0.29, 0.717) is 5.82 Å². The number of aromatic nitrogens is 4. The van der Waals surface area contributed by atoms with Gasteiger partial charge in [0.2, 0.25) is 0 Å². The molecule has 4 nitrogen and oxygen atoms in total. The van der Waals surface area contributed by atoms with Crippen molar-refractivity contribution in [2.75, 3.05) is 0 Å². The van der Waals surface area contributed by atoms with Crippen LogP contribution in [0.4, 0.5) is 0 Å². The molecule has 0 aliphatic rings. The molecule has 50 heavy (non-hydrogen) atoms. The minimum absolute atomic E-state index is 0.714. The van der Waals surface area contributed by atoms with Crippen LogP contribution >= 0.6 is 0 Å². The smallest absolute Gasteiger partial charge is 0.160 e. The Morgan fingerprint density at radius 3 is 1.56 bits per heavy atom. The lowest BCUT2D eigenvalue weighted by atomic mass is 9.92. The molecule has 0 unspecified atom stereocenters. The van der Waals surface area contributed by atoms with Gasteiger partial charge in [0.15, 0.2) is 5.82 Å². The molecule has 9 rings (SSSR count). The molecule has 0 N–H and O–H groups in total. The van der Waals surface area contributed by atoms with Crippen LogP contribution in [0.5, 0.6) is 0 Å². The molecule has 0 radical (unpaired) electrons. The molecule has 3 aromatic heterocycles. The predicted molar refractivity (Wildman–Crippen MR) is 205 cm³/mol. The van der Waals surface area contributed by atoms with Gasteiger partial charge in [-0.1, -0.05) is 146 Å². The van der Waals surface area contributed by atoms with E-state index < -0.39 is 0 Å². The third-order valence-corrected chi connectivity index (χ3v) is 9.22. The van der Waals surface area contributed by atoms with Gasteiger partial charge in [0, 0.05) is 50.8 Å². The lowest BCUT2D eigenvalue weighted by Crippen LogP contribution is -1.95. The number of hydrogen-bond donors (Lipinski definition) is 0. The van der Waals surface area contributed by atoms with Gasteiger partial charge in [0.25, 0.3) is 0 Å². The first-order chi connectivity index (χ1) is 24.8. The number of hydrogen-bond acceptors (Lipinski definition) is 4. The standard InChI is InChI=1S/C46H30N4/c1-3-10-34(11-4-1)42-30-43(50-46(49-42)37-12-5-2-6-13-37)35-24-20-32(21-25-35)31-18-22-33(23-19-31)38-15-9-16-40-44(38)39-14-7-8-17-41(39)48-45(40)36-26-28-47-29-27-36/h1-30H. The molecule has 0 atom stereocenters. The fourth-order valence-corrected chi connectivity index (χ4v) is 6.72. The van der Waals surface area contributed by atoms with E-state index in [1.807, 2.05) is 60.9 Å². The quantitative estimate of drug-likeness (QED) is 0.170. The molecule has 0 spiro atoms. The second kappa shape index (κ2) is 12.7. The molecule has 6 aromatic carbocycles. The maximum Gasteiger partial charge on any atom is 0.160 e. The van der Waals surface area contributed by atoms with Crippen LogP contribution in [0, 0.1) is 0 Å². The summed E-state index contributed by atoms with van der Waals surface area (Å²) < 4.78 is 0. The zero-order valence-electron chi connectivity index (χ0n) is 27.1. The average molecular weight is 639 g/mol. The van der Waals surface area contributed by atoms with Crippen molar-refractivity contribution in [2.45, 2.75) is 0 Å². The van der Waals surface area contributed by atoms with Gasteiger partial charge in [-0.2, -0.15) is 0 Å². The highest BCUT2D eigenvalue weighted by Crippen LogP contribution is 2.39. The molecule has 3 heterocycles. The molecule has 9 aromatic rings. The summed E-state index contributed by atoms with van der Waals surface area (Å²) in [5.41, 5.74) is 12.5. The van der Waals surface area contributed by atoms with Crippen molar-refractivity contribution in [3.63, 3.8) is 0 Å². The maximum absolute atomic E-state index is 5.10. The number of rotatable bonds is 6. The summed E-state index contributed by atoms with van der Waals surface area (Å²) in [5.74, 6) is 0.714. The Morgan fingerprint density at radius 1 is 0.340 bits per heavy atom. The fourth-order valence-electron chi connectivity index (χ4n) is 6.72. The van der Waals surface area contributed by atoms with E-state index in [4.69, 9.17) is 15.0 Å². The maximum atomic E-state index is 5.10. The van der Waals surface area contributed by atoms with Crippen LogP contribution < -0.4 is 0 Å². The van der Waals surface area contributed by atoms with Crippen LogP contribution in [0.1, 0.15) is 0 Å². The molecule has 0 fully saturated rings. The first-order valence-electron chi connectivity index (χ1n) is 16.7. The first kappa shape index (κ1) is 29.4. The van der Waals surface area contributed by atoms with E-state index in [1.54, 1.807) is 0 Å². The summed E-state index contributed by atoms with van der Waals surface area (Å²) in [4.78, 5) is 19.3. The van der Waals surface area contributed by atoms with Gasteiger partial charge in [-0.05, 0) is 46.5 Å². The van der Waals surface area contributed by atoms with Crippen LogP contribution in [-0.2, 0) is 0 Å². The van der Waals surface area contributed by atoms with Crippen molar-refractivity contribution in [1.82, 2.24) is 19.9 Å². The molecular weight excluding hydrogens is 609 g/mol. The number of nitrogens with zero attached hydrogens (tertiary/aromatic N) is 4. The summed E-state index contributed by atoms with van der Waals surface area (Å²) in [6.07, 6.45) is 3.65. The molecule has 0 aliphatic carbocycles. The Balaban J connectivity index is 1.08. The number of benzene rings is 6. The third kappa shape index (κ3) is 5.49. The van der Waals surface area contributed by atoms with E-state index in [2.05, 4.69) is 126 Å². The summed E-state index contributed by atoms with van der Waals surface area (Å²) in [6, 6.07) is 59.0. The Kier molecular flexibility index (Phi) is 7.45. The van der Waals surface area contributed by atoms with Crippen molar-refractivity contribution in [3.05, 3.63) is 182 Å². The highest BCUT2D eigenvalue weighted by atomic mass is 14.9. The number of para-hydroxylation sites is 1. The Labute approximate surface area is 290 Å². The third-order valence-electron chi connectivity index (χ3n) is 9.22. The normalized spacial score (nSPS) is 11.2. The van der Waals surface area contributed by atoms with Gasteiger partial charge in [-0.25, -0.2) is 15.0 Å². The molecule has 4 heteroatoms. The lowest BCUT2D eigenvalue weighted by molar-refractivity contribution is 1.18. The van der Waals surface area contributed by atoms with E-state index in [9.17, 15) is 0 Å². The Bertz CT molecular complexity index is 2540. The van der Waals surface area contributed by atoms with Crippen LogP contribution in [0.2, 0.25) is 0 Å². The minimum Gasteiger partial charge on any atom is -0.265 e. The molecule has 0 amide bonds. The summed E-state index contributed by atoms with van der Waals surface area (Å²) in [7, 11) is 0. The van der Waals surface area contributed by atoms with Crippen molar-refractivity contribution in [2.24, 2.45) is 0 Å². The van der Waals surface area contributed by atoms with E-state index in [0.717, 1.165) is 72.3 Å². The van der Waals surface area contributed by atoms with Gasteiger partial charge < -0.3 is 0 Å². The zero-order chi connectivity index (χ0) is 33.3. The number of pyridine rings is 2. The molecule has 0 saturated carbocycles. The first-order valence-corrected chi connectivity index (χ1v) is 16.7. The molecule has 234 valence electrons. The van der Waals surface area contributed by atoms with Gasteiger partial charge in [-0.3, -0.25) is 4.98 Å².